The lowest BCUT2D eigenvalue weighted by molar-refractivity contribution is -0.169. The van der Waals surface area contributed by atoms with E-state index in [1.807, 2.05) is 19.1 Å². The lowest BCUT2D eigenvalue weighted by Crippen LogP contribution is -2.61. The summed E-state index contributed by atoms with van der Waals surface area (Å²) in [5.41, 5.74) is -1.58. The summed E-state index contributed by atoms with van der Waals surface area (Å²) >= 11 is 0. The fourth-order valence-electron chi connectivity index (χ4n) is 6.72. The Morgan fingerprint density at radius 3 is 2.74 bits per heavy atom. The van der Waals surface area contributed by atoms with Crippen LogP contribution in [0.2, 0.25) is 0 Å². The molecule has 0 amide bonds. The molecule has 146 valence electrons. The van der Waals surface area contributed by atoms with Gasteiger partial charge >= 0.3 is 0 Å². The molecule has 0 aromatic heterocycles. The van der Waals surface area contributed by atoms with Crippen LogP contribution in [-0.4, -0.2) is 45.2 Å². The molecule has 5 heteroatoms. The molecule has 3 N–H and O–H groups in total. The number of fused-ring (bicyclic) bond motifs is 5. The lowest BCUT2D eigenvalue weighted by atomic mass is 9.47. The molecule has 4 aliphatic carbocycles. The summed E-state index contributed by atoms with van der Waals surface area (Å²) in [5, 5.41) is 32.0. The molecule has 4 aliphatic rings. The van der Waals surface area contributed by atoms with Gasteiger partial charge in [0.1, 0.15) is 6.61 Å². The SMILES string of the molecule is C=C1C[C@H]2[C@@H]3C=CC4=CC(=O)CC[C@]4(C)[C@H]3C(O)C[C@]2(C)[C@@]1(O)C(=O)CO. The first-order valence-corrected chi connectivity index (χ1v) is 9.75. The van der Waals surface area contributed by atoms with E-state index in [2.05, 4.69) is 13.5 Å². The number of ketones is 2. The van der Waals surface area contributed by atoms with Crippen molar-refractivity contribution in [1.82, 2.24) is 0 Å². The zero-order valence-electron chi connectivity index (χ0n) is 15.9. The van der Waals surface area contributed by atoms with Crippen LogP contribution in [0.4, 0.5) is 0 Å². The maximum absolute atomic E-state index is 12.5. The number of carbonyl (C=O) groups is 2. The van der Waals surface area contributed by atoms with E-state index in [9.17, 15) is 24.9 Å². The van der Waals surface area contributed by atoms with Crippen molar-refractivity contribution in [2.45, 2.75) is 51.2 Å². The highest BCUT2D eigenvalue weighted by molar-refractivity contribution is 5.93. The van der Waals surface area contributed by atoms with Gasteiger partial charge in [-0.25, -0.2) is 0 Å². The summed E-state index contributed by atoms with van der Waals surface area (Å²) in [7, 11) is 0. The van der Waals surface area contributed by atoms with Crippen molar-refractivity contribution in [3.63, 3.8) is 0 Å². The topological polar surface area (TPSA) is 94.8 Å². The highest BCUT2D eigenvalue weighted by atomic mass is 16.3. The average molecular weight is 372 g/mol. The molecule has 2 saturated carbocycles. The second-order valence-corrected chi connectivity index (χ2v) is 9.34. The fourth-order valence-corrected chi connectivity index (χ4v) is 6.72. The van der Waals surface area contributed by atoms with E-state index in [-0.39, 0.29) is 35.4 Å². The smallest absolute Gasteiger partial charge is 0.194 e. The molecular formula is C22H28O5. The molecule has 4 rings (SSSR count). The minimum atomic E-state index is -1.81. The van der Waals surface area contributed by atoms with Gasteiger partial charge in [0.2, 0.25) is 0 Å². The highest BCUT2D eigenvalue weighted by Crippen LogP contribution is 2.67. The molecular weight excluding hydrogens is 344 g/mol. The highest BCUT2D eigenvalue weighted by Gasteiger charge is 2.69. The molecule has 27 heavy (non-hydrogen) atoms. The van der Waals surface area contributed by atoms with Crippen molar-refractivity contribution in [2.24, 2.45) is 28.6 Å². The van der Waals surface area contributed by atoms with Crippen LogP contribution in [-0.2, 0) is 9.59 Å². The third kappa shape index (κ3) is 2.16. The number of aliphatic hydroxyl groups is 3. The van der Waals surface area contributed by atoms with Crippen molar-refractivity contribution in [1.29, 1.82) is 0 Å². The molecule has 7 atom stereocenters. The Kier molecular flexibility index (Phi) is 3.98. The Morgan fingerprint density at radius 2 is 2.07 bits per heavy atom. The molecule has 0 aromatic rings. The summed E-state index contributed by atoms with van der Waals surface area (Å²) in [6.45, 7) is 7.19. The Balaban J connectivity index is 1.83. The molecule has 1 unspecified atom stereocenters. The lowest BCUT2D eigenvalue weighted by Gasteiger charge is -2.58. The van der Waals surface area contributed by atoms with Crippen LogP contribution in [0, 0.1) is 28.6 Å². The number of rotatable bonds is 2. The van der Waals surface area contributed by atoms with Gasteiger partial charge in [-0.05, 0) is 53.7 Å². The van der Waals surface area contributed by atoms with E-state index in [0.29, 0.717) is 24.8 Å². The van der Waals surface area contributed by atoms with Crippen LogP contribution < -0.4 is 0 Å². The van der Waals surface area contributed by atoms with Gasteiger partial charge in [0, 0.05) is 17.8 Å². The van der Waals surface area contributed by atoms with Crippen molar-refractivity contribution >= 4 is 11.6 Å². The van der Waals surface area contributed by atoms with Gasteiger partial charge in [-0.2, -0.15) is 0 Å². The molecule has 2 fully saturated rings. The normalized spacial score (nSPS) is 48.6. The first-order chi connectivity index (χ1) is 12.6. The van der Waals surface area contributed by atoms with Crippen molar-refractivity contribution < 1.29 is 24.9 Å². The number of Topliss-reactive ketones (excluding diaryl/α,β-unsaturated/α-hetero) is 1. The van der Waals surface area contributed by atoms with E-state index < -0.39 is 29.5 Å². The van der Waals surface area contributed by atoms with Gasteiger partial charge < -0.3 is 15.3 Å². The monoisotopic (exact) mass is 372 g/mol. The van der Waals surface area contributed by atoms with Crippen LogP contribution in [0.3, 0.4) is 0 Å². The minimum Gasteiger partial charge on any atom is -0.393 e. The van der Waals surface area contributed by atoms with Crippen LogP contribution in [0.1, 0.15) is 39.5 Å². The van der Waals surface area contributed by atoms with Gasteiger partial charge in [-0.3, -0.25) is 9.59 Å². The van der Waals surface area contributed by atoms with Crippen molar-refractivity contribution in [3.8, 4) is 0 Å². The fraction of sp³-hybridized carbons (Fsp3) is 0.636. The van der Waals surface area contributed by atoms with Crippen LogP contribution in [0.5, 0.6) is 0 Å². The van der Waals surface area contributed by atoms with Gasteiger partial charge in [-0.1, -0.05) is 32.6 Å². The average Bonchev–Trinajstić information content (AvgIpc) is 2.82. The zero-order valence-corrected chi connectivity index (χ0v) is 15.9. The molecule has 0 aromatic carbocycles. The molecule has 0 radical (unpaired) electrons. The Bertz CT molecular complexity index is 795. The quantitative estimate of drug-likeness (QED) is 0.642. The standard InChI is InChI=1S/C22H28O5/c1-12-8-16-15-5-4-13-9-14(24)6-7-20(13,2)19(15)17(25)10-21(16,3)22(12,27)18(26)11-23/h4-5,9,15-17,19,23,25,27H,1,6-8,10-11H2,2-3H3/t15-,16-,17?,19+,20-,21-,22-/m0/s1. The van der Waals surface area contributed by atoms with Gasteiger partial charge in [0.05, 0.1) is 6.10 Å². The number of hydrogen-bond acceptors (Lipinski definition) is 5. The third-order valence-corrected chi connectivity index (χ3v) is 8.20. The zero-order chi connectivity index (χ0) is 19.8. The number of aliphatic hydroxyl groups excluding tert-OH is 2. The van der Waals surface area contributed by atoms with Crippen LogP contribution in [0.25, 0.3) is 0 Å². The second kappa shape index (κ2) is 5.72. The summed E-state index contributed by atoms with van der Waals surface area (Å²) in [4.78, 5) is 24.4. The number of hydrogen-bond donors (Lipinski definition) is 3. The van der Waals surface area contributed by atoms with Gasteiger partial charge in [-0.15, -0.1) is 0 Å². The third-order valence-electron chi connectivity index (χ3n) is 8.20. The molecule has 5 nitrogen and oxygen atoms in total. The van der Waals surface area contributed by atoms with E-state index >= 15 is 0 Å². The predicted octanol–water partition coefficient (Wildman–Crippen LogP) is 1.72. The first-order valence-electron chi connectivity index (χ1n) is 9.75. The van der Waals surface area contributed by atoms with E-state index in [0.717, 1.165) is 5.57 Å². The number of carbonyl (C=O) groups excluding carboxylic acids is 2. The molecule has 0 bridgehead atoms. The Labute approximate surface area is 159 Å². The Morgan fingerprint density at radius 1 is 1.37 bits per heavy atom. The summed E-state index contributed by atoms with van der Waals surface area (Å²) < 4.78 is 0. The van der Waals surface area contributed by atoms with E-state index in [1.165, 1.54) is 0 Å². The second-order valence-electron chi connectivity index (χ2n) is 9.34. The molecule has 0 heterocycles. The molecule has 0 saturated heterocycles. The maximum Gasteiger partial charge on any atom is 0.194 e. The largest absolute Gasteiger partial charge is 0.393 e. The number of allylic oxidation sites excluding steroid dienone is 4. The van der Waals surface area contributed by atoms with Gasteiger partial charge in [0.25, 0.3) is 0 Å². The summed E-state index contributed by atoms with van der Waals surface area (Å²) in [6, 6.07) is 0. The minimum absolute atomic E-state index is 0.0219. The van der Waals surface area contributed by atoms with E-state index in [4.69, 9.17) is 0 Å². The predicted molar refractivity (Wildman–Crippen MR) is 99.6 cm³/mol. The molecule has 0 aliphatic heterocycles. The summed E-state index contributed by atoms with van der Waals surface area (Å²) in [6.07, 6.45) is 6.96. The van der Waals surface area contributed by atoms with Crippen LogP contribution in [0.15, 0.2) is 36.0 Å². The first kappa shape index (κ1) is 18.8. The maximum atomic E-state index is 12.5. The van der Waals surface area contributed by atoms with Gasteiger partial charge in [0.15, 0.2) is 17.2 Å². The molecule has 0 spiro atoms. The Hall–Kier alpha value is -1.56. The van der Waals surface area contributed by atoms with Crippen molar-refractivity contribution in [2.75, 3.05) is 6.61 Å². The summed E-state index contributed by atoms with van der Waals surface area (Å²) in [5.74, 6) is -0.660. The van der Waals surface area contributed by atoms with Crippen molar-refractivity contribution in [3.05, 3.63) is 36.0 Å². The van der Waals surface area contributed by atoms with Crippen LogP contribution >= 0.6 is 0 Å². The van der Waals surface area contributed by atoms with E-state index in [1.54, 1.807) is 6.08 Å².